The highest BCUT2D eigenvalue weighted by Gasteiger charge is 2.18. The van der Waals surface area contributed by atoms with Crippen LogP contribution in [0.1, 0.15) is 75.6 Å². The van der Waals surface area contributed by atoms with Gasteiger partial charge in [0.25, 0.3) is 0 Å². The molecule has 0 amide bonds. The number of allylic oxidation sites excluding steroid dienone is 1. The average molecular weight is 458 g/mol. The second kappa shape index (κ2) is 16.4. The number of aryl methyl sites for hydroxylation is 1. The molecular weight excluding hydrogens is 416 g/mol. The Morgan fingerprint density at radius 1 is 1.12 bits per heavy atom. The Morgan fingerprint density at radius 3 is 2.12 bits per heavy atom. The first-order valence-corrected chi connectivity index (χ1v) is 12.5. The number of aliphatic imine (C=N–C) groups is 1. The van der Waals surface area contributed by atoms with Crippen LogP contribution in [0.3, 0.4) is 0 Å². The minimum atomic E-state index is -1.85. The van der Waals surface area contributed by atoms with E-state index in [2.05, 4.69) is 55.8 Å². The fourth-order valence-electron chi connectivity index (χ4n) is 3.26. The Morgan fingerprint density at radius 2 is 1.69 bits per heavy atom. The van der Waals surface area contributed by atoms with Gasteiger partial charge in [0.1, 0.15) is 0 Å². The van der Waals surface area contributed by atoms with Gasteiger partial charge < -0.3 is 10.3 Å². The van der Waals surface area contributed by atoms with Crippen molar-refractivity contribution in [3.63, 3.8) is 0 Å². The fraction of sp³-hybridized carbons (Fsp3) is 0.444. The van der Waals surface area contributed by atoms with E-state index in [0.717, 1.165) is 30.6 Å². The van der Waals surface area contributed by atoms with Crippen molar-refractivity contribution in [1.29, 1.82) is 0 Å². The number of nitrogens with zero attached hydrogens (tertiary/aromatic N) is 1. The first-order valence-electron chi connectivity index (χ1n) is 11.4. The van der Waals surface area contributed by atoms with E-state index in [9.17, 15) is 8.76 Å². The molecule has 0 radical (unpaired) electrons. The molecule has 0 spiro atoms. The van der Waals surface area contributed by atoms with Gasteiger partial charge in [-0.05, 0) is 74.4 Å². The van der Waals surface area contributed by atoms with E-state index in [1.165, 1.54) is 22.3 Å². The van der Waals surface area contributed by atoms with Crippen LogP contribution in [-0.2, 0) is 17.5 Å². The maximum Gasteiger partial charge on any atom is 0.0406 e. The molecule has 4 nitrogen and oxygen atoms in total. The molecule has 2 N–H and O–H groups in total. The highest BCUT2D eigenvalue weighted by Crippen LogP contribution is 2.31. The lowest BCUT2D eigenvalue weighted by molar-refractivity contribution is 0.515. The third-order valence-electron chi connectivity index (χ3n) is 5.32. The third-order valence-corrected chi connectivity index (χ3v) is 6.53. The average Bonchev–Trinajstić information content (AvgIpc) is 2.78. The summed E-state index contributed by atoms with van der Waals surface area (Å²) in [6.07, 6.45) is 4.14. The number of benzene rings is 2. The summed E-state index contributed by atoms with van der Waals surface area (Å²) < 4.78 is 20.3. The van der Waals surface area contributed by atoms with Crippen molar-refractivity contribution in [2.45, 2.75) is 78.9 Å². The van der Waals surface area contributed by atoms with Crippen molar-refractivity contribution < 1.29 is 8.76 Å². The van der Waals surface area contributed by atoms with Gasteiger partial charge in [0.05, 0.1) is 0 Å². The van der Waals surface area contributed by atoms with E-state index in [1.807, 2.05) is 53.0 Å². The Labute approximate surface area is 198 Å². The fourth-order valence-corrected chi connectivity index (χ4v) is 3.81. The number of rotatable bonds is 8. The lowest BCUT2D eigenvalue weighted by Gasteiger charge is -2.21. The molecule has 0 heterocycles. The normalized spacial score (nSPS) is 12.4. The highest BCUT2D eigenvalue weighted by molar-refractivity contribution is 7.79. The predicted octanol–water partition coefficient (Wildman–Crippen LogP) is 6.90. The van der Waals surface area contributed by atoms with Gasteiger partial charge in [-0.15, -0.1) is 0 Å². The molecule has 2 aromatic rings. The topological polar surface area (TPSA) is 78.5 Å². The van der Waals surface area contributed by atoms with Gasteiger partial charge in [-0.1, -0.05) is 75.7 Å². The Hall–Kier alpha value is -2.24. The summed E-state index contributed by atoms with van der Waals surface area (Å²) in [6.45, 7) is 18.2. The zero-order chi connectivity index (χ0) is 24.7. The smallest absolute Gasteiger partial charge is 0.0406 e. The highest BCUT2D eigenvalue weighted by atomic mass is 32.2. The van der Waals surface area contributed by atoms with Gasteiger partial charge in [0.15, 0.2) is 0 Å². The van der Waals surface area contributed by atoms with Crippen molar-refractivity contribution >= 4 is 23.0 Å². The second-order valence-electron chi connectivity index (χ2n) is 7.37. The molecular formula is C27H41N2O2S-. The number of nitrogen functional groups attached to an aromatic ring is 1. The molecule has 2 rings (SSSR count). The van der Waals surface area contributed by atoms with E-state index >= 15 is 0 Å². The number of hydrogen-bond acceptors (Lipinski definition) is 4. The van der Waals surface area contributed by atoms with Crippen LogP contribution < -0.4 is 5.73 Å². The van der Waals surface area contributed by atoms with E-state index in [4.69, 9.17) is 5.73 Å². The van der Waals surface area contributed by atoms with E-state index in [-0.39, 0.29) is 11.2 Å². The van der Waals surface area contributed by atoms with Crippen molar-refractivity contribution in [2.24, 2.45) is 4.99 Å². The van der Waals surface area contributed by atoms with Crippen LogP contribution >= 0.6 is 0 Å². The van der Waals surface area contributed by atoms with E-state index in [0.29, 0.717) is 0 Å². The Balaban J connectivity index is 0.000000814. The SMILES string of the molecule is C=C(N=CC)C(Cc1ccc(N)cc1)c1cccc(C)c1C.CC.CCC(CC)S(=O)[O-]. The molecule has 2 aromatic carbocycles. The summed E-state index contributed by atoms with van der Waals surface area (Å²) >= 11 is -1.85. The summed E-state index contributed by atoms with van der Waals surface area (Å²) in [7, 11) is 0. The molecule has 0 bridgehead atoms. The van der Waals surface area contributed by atoms with Crippen LogP contribution in [0.25, 0.3) is 0 Å². The quantitative estimate of drug-likeness (QED) is 0.266. The molecule has 0 fully saturated rings. The van der Waals surface area contributed by atoms with Gasteiger partial charge in [0, 0.05) is 28.8 Å². The zero-order valence-electron chi connectivity index (χ0n) is 20.9. The van der Waals surface area contributed by atoms with Gasteiger partial charge in [-0.25, -0.2) is 0 Å². The molecule has 0 aromatic heterocycles. The monoisotopic (exact) mass is 457 g/mol. The van der Waals surface area contributed by atoms with E-state index < -0.39 is 11.1 Å². The Bertz CT molecular complexity index is 856. The zero-order valence-corrected chi connectivity index (χ0v) is 21.7. The molecule has 2 atom stereocenters. The molecule has 0 aliphatic rings. The van der Waals surface area contributed by atoms with Gasteiger partial charge in [0.2, 0.25) is 0 Å². The van der Waals surface area contributed by atoms with Crippen LogP contribution in [0, 0.1) is 13.8 Å². The molecule has 5 heteroatoms. The maximum atomic E-state index is 10.2. The van der Waals surface area contributed by atoms with E-state index in [1.54, 1.807) is 0 Å². The van der Waals surface area contributed by atoms with Crippen LogP contribution in [0.2, 0.25) is 0 Å². The van der Waals surface area contributed by atoms with Gasteiger partial charge >= 0.3 is 0 Å². The number of nitrogens with two attached hydrogens (primary N) is 1. The van der Waals surface area contributed by atoms with Crippen LogP contribution in [0.15, 0.2) is 59.7 Å². The molecule has 0 aliphatic heterocycles. The van der Waals surface area contributed by atoms with Gasteiger partial charge in [-0.3, -0.25) is 9.20 Å². The first kappa shape index (κ1) is 29.8. The molecule has 2 unspecified atom stereocenters. The lowest BCUT2D eigenvalue weighted by atomic mass is 9.86. The summed E-state index contributed by atoms with van der Waals surface area (Å²) in [5.74, 6) is 0.180. The lowest BCUT2D eigenvalue weighted by Crippen LogP contribution is -2.11. The van der Waals surface area contributed by atoms with Crippen LogP contribution in [0.5, 0.6) is 0 Å². The molecule has 32 heavy (non-hydrogen) atoms. The Kier molecular flexibility index (Phi) is 15.3. The molecule has 0 aliphatic carbocycles. The summed E-state index contributed by atoms with van der Waals surface area (Å²) in [5, 5.41) is -0.130. The van der Waals surface area contributed by atoms with Crippen LogP contribution in [-0.4, -0.2) is 20.2 Å². The minimum absolute atomic E-state index is 0.130. The summed E-state index contributed by atoms with van der Waals surface area (Å²) in [5.41, 5.74) is 12.6. The third kappa shape index (κ3) is 9.92. The summed E-state index contributed by atoms with van der Waals surface area (Å²) in [6, 6.07) is 14.5. The van der Waals surface area contributed by atoms with Crippen molar-refractivity contribution in [1.82, 2.24) is 0 Å². The first-order chi connectivity index (χ1) is 15.2. The van der Waals surface area contributed by atoms with Crippen molar-refractivity contribution in [3.8, 4) is 0 Å². The summed E-state index contributed by atoms with van der Waals surface area (Å²) in [4.78, 5) is 4.44. The van der Waals surface area contributed by atoms with Crippen molar-refractivity contribution in [2.75, 3.05) is 5.73 Å². The van der Waals surface area contributed by atoms with Crippen molar-refractivity contribution in [3.05, 3.63) is 77.0 Å². The maximum absolute atomic E-state index is 10.2. The molecule has 0 saturated heterocycles. The van der Waals surface area contributed by atoms with Gasteiger partial charge in [-0.2, -0.15) is 0 Å². The minimum Gasteiger partial charge on any atom is -0.772 e. The largest absolute Gasteiger partial charge is 0.772 e. The molecule has 0 saturated carbocycles. The standard InChI is InChI=1S/C20H24N2.C5H12O2S.C2H6/c1-5-22-16(4)20(13-17-9-11-18(21)12-10-17)19-8-6-7-14(2)15(19)3;1-3-5(4-2)8(6)7;1-2/h5-12,20H,4,13,21H2,1-3H3;5H,3-4H2,1-2H3,(H,6,7);1-2H3/p-1. The number of anilines is 1. The second-order valence-corrected chi connectivity index (χ2v) is 8.55. The van der Waals surface area contributed by atoms with Crippen LogP contribution in [0.4, 0.5) is 5.69 Å². The molecule has 178 valence electrons. The predicted molar refractivity (Wildman–Crippen MR) is 141 cm³/mol. The number of hydrogen-bond donors (Lipinski definition) is 1.